The van der Waals surface area contributed by atoms with Crippen LogP contribution in [-0.4, -0.2) is 62.0 Å². The summed E-state index contributed by atoms with van der Waals surface area (Å²) in [5, 5.41) is 28.8. The SMILES string of the molecule is CC(=O)C(=O)C(O)(C(=O)C(C)=O)C(O)C(O)C(C)=O. The number of carbonyl (C=O) groups is 5. The molecule has 0 rings (SSSR count). The van der Waals surface area contributed by atoms with Crippen LogP contribution in [-0.2, 0) is 24.0 Å². The first kappa shape index (κ1) is 17.2. The van der Waals surface area contributed by atoms with Gasteiger partial charge in [0, 0.05) is 13.8 Å². The zero-order valence-electron chi connectivity index (χ0n) is 10.5. The topological polar surface area (TPSA) is 146 Å². The van der Waals surface area contributed by atoms with E-state index >= 15 is 0 Å². The first-order valence-electron chi connectivity index (χ1n) is 5.17. The van der Waals surface area contributed by atoms with Crippen LogP contribution in [0.15, 0.2) is 0 Å². The molecule has 0 fully saturated rings. The molecule has 0 aliphatic heterocycles. The van der Waals surface area contributed by atoms with Crippen LogP contribution in [0.1, 0.15) is 20.8 Å². The van der Waals surface area contributed by atoms with E-state index in [4.69, 9.17) is 0 Å². The van der Waals surface area contributed by atoms with Crippen LogP contribution < -0.4 is 0 Å². The minimum atomic E-state index is -3.47. The molecular formula is C11H14O8. The van der Waals surface area contributed by atoms with E-state index in [9.17, 15) is 39.3 Å². The van der Waals surface area contributed by atoms with Crippen LogP contribution in [0.5, 0.6) is 0 Å². The Morgan fingerprint density at radius 3 is 1.37 bits per heavy atom. The van der Waals surface area contributed by atoms with Crippen molar-refractivity contribution in [1.82, 2.24) is 0 Å². The molecule has 0 heterocycles. The van der Waals surface area contributed by atoms with Crippen molar-refractivity contribution in [1.29, 1.82) is 0 Å². The Morgan fingerprint density at radius 2 is 1.16 bits per heavy atom. The predicted octanol–water partition coefficient (Wildman–Crippen LogP) is -2.66. The second-order valence-corrected chi connectivity index (χ2v) is 4.04. The number of aliphatic hydroxyl groups excluding tert-OH is 2. The van der Waals surface area contributed by atoms with E-state index in [1.165, 1.54) is 0 Å². The van der Waals surface area contributed by atoms with Crippen LogP contribution in [0.25, 0.3) is 0 Å². The second-order valence-electron chi connectivity index (χ2n) is 4.04. The fourth-order valence-corrected chi connectivity index (χ4v) is 1.36. The van der Waals surface area contributed by atoms with Crippen LogP contribution in [0.4, 0.5) is 0 Å². The van der Waals surface area contributed by atoms with Gasteiger partial charge >= 0.3 is 0 Å². The van der Waals surface area contributed by atoms with E-state index in [0.29, 0.717) is 13.8 Å². The summed E-state index contributed by atoms with van der Waals surface area (Å²) in [5.74, 6) is -7.24. The van der Waals surface area contributed by atoms with Gasteiger partial charge in [0.2, 0.25) is 17.2 Å². The first-order chi connectivity index (χ1) is 8.47. The highest BCUT2D eigenvalue weighted by Crippen LogP contribution is 2.19. The van der Waals surface area contributed by atoms with Crippen LogP contribution in [0, 0.1) is 0 Å². The summed E-state index contributed by atoms with van der Waals surface area (Å²) >= 11 is 0. The van der Waals surface area contributed by atoms with E-state index in [-0.39, 0.29) is 0 Å². The zero-order chi connectivity index (χ0) is 15.5. The van der Waals surface area contributed by atoms with Gasteiger partial charge in [-0.05, 0) is 6.92 Å². The van der Waals surface area contributed by atoms with Crippen molar-refractivity contribution in [3.05, 3.63) is 0 Å². The molecule has 0 aliphatic carbocycles. The highest BCUT2D eigenvalue weighted by Gasteiger charge is 2.56. The Kier molecular flexibility index (Phi) is 5.36. The molecule has 0 bridgehead atoms. The van der Waals surface area contributed by atoms with Crippen LogP contribution >= 0.6 is 0 Å². The lowest BCUT2D eigenvalue weighted by atomic mass is 9.81. The molecule has 0 radical (unpaired) electrons. The van der Waals surface area contributed by atoms with Gasteiger partial charge < -0.3 is 15.3 Å². The number of aliphatic hydroxyl groups is 3. The average molecular weight is 274 g/mol. The quantitative estimate of drug-likeness (QED) is 0.337. The van der Waals surface area contributed by atoms with E-state index in [2.05, 4.69) is 0 Å². The third kappa shape index (κ3) is 3.16. The maximum atomic E-state index is 11.5. The number of hydrogen-bond acceptors (Lipinski definition) is 8. The van der Waals surface area contributed by atoms with Crippen molar-refractivity contribution in [2.45, 2.75) is 38.6 Å². The highest BCUT2D eigenvalue weighted by atomic mass is 16.4. The number of carbonyl (C=O) groups excluding carboxylic acids is 5. The summed E-state index contributed by atoms with van der Waals surface area (Å²) in [5.41, 5.74) is -3.47. The van der Waals surface area contributed by atoms with Crippen molar-refractivity contribution in [3.8, 4) is 0 Å². The second kappa shape index (κ2) is 5.91. The maximum Gasteiger partial charge on any atom is 0.240 e. The lowest BCUT2D eigenvalue weighted by molar-refractivity contribution is -0.177. The van der Waals surface area contributed by atoms with Crippen molar-refractivity contribution in [2.75, 3.05) is 0 Å². The Labute approximate surface area is 108 Å². The van der Waals surface area contributed by atoms with Crippen molar-refractivity contribution in [3.63, 3.8) is 0 Å². The smallest absolute Gasteiger partial charge is 0.240 e. The Hall–Kier alpha value is -1.77. The summed E-state index contributed by atoms with van der Waals surface area (Å²) in [7, 11) is 0. The number of Topliss-reactive ketones (excluding diaryl/α,β-unsaturated/α-hetero) is 5. The Bertz CT molecular complexity index is 424. The molecule has 2 atom stereocenters. The van der Waals surface area contributed by atoms with Gasteiger partial charge in [0.25, 0.3) is 0 Å². The molecule has 0 aromatic heterocycles. The van der Waals surface area contributed by atoms with Gasteiger partial charge in [-0.15, -0.1) is 0 Å². The fourth-order valence-electron chi connectivity index (χ4n) is 1.36. The third-order valence-corrected chi connectivity index (χ3v) is 2.48. The first-order valence-corrected chi connectivity index (χ1v) is 5.17. The molecule has 0 saturated heterocycles. The largest absolute Gasteiger partial charge is 0.386 e. The Balaban J connectivity index is 5.85. The standard InChI is InChI=1S/C11H14O8/c1-4(12)7(15)10(18)11(19,8(16)5(2)13)9(17)6(3)14/h7,10,15,18-19H,1-3H3. The molecule has 8 heteroatoms. The molecule has 0 aliphatic rings. The lowest BCUT2D eigenvalue weighted by Crippen LogP contribution is -2.64. The summed E-state index contributed by atoms with van der Waals surface area (Å²) in [6.07, 6.45) is -4.91. The van der Waals surface area contributed by atoms with E-state index < -0.39 is 46.7 Å². The maximum absolute atomic E-state index is 11.5. The van der Waals surface area contributed by atoms with Gasteiger partial charge in [-0.2, -0.15) is 0 Å². The van der Waals surface area contributed by atoms with Crippen LogP contribution in [0.3, 0.4) is 0 Å². The minimum Gasteiger partial charge on any atom is -0.386 e. The highest BCUT2D eigenvalue weighted by molar-refractivity contribution is 6.53. The molecular weight excluding hydrogens is 260 g/mol. The van der Waals surface area contributed by atoms with Crippen molar-refractivity contribution >= 4 is 28.9 Å². The van der Waals surface area contributed by atoms with E-state index in [1.54, 1.807) is 0 Å². The summed E-state index contributed by atoms with van der Waals surface area (Å²) in [4.78, 5) is 55.9. The minimum absolute atomic E-state index is 0.702. The molecule has 0 aromatic carbocycles. The summed E-state index contributed by atoms with van der Waals surface area (Å²) in [6.45, 7) is 2.23. The van der Waals surface area contributed by atoms with Gasteiger partial charge in [0.1, 0.15) is 12.2 Å². The normalized spacial score (nSPS) is 14.4. The summed E-state index contributed by atoms with van der Waals surface area (Å²) in [6, 6.07) is 0. The lowest BCUT2D eigenvalue weighted by Gasteiger charge is -2.30. The molecule has 106 valence electrons. The molecule has 3 N–H and O–H groups in total. The van der Waals surface area contributed by atoms with Gasteiger partial charge in [0.15, 0.2) is 17.3 Å². The van der Waals surface area contributed by atoms with E-state index in [0.717, 1.165) is 6.92 Å². The van der Waals surface area contributed by atoms with Crippen molar-refractivity contribution < 1.29 is 39.3 Å². The molecule has 0 aromatic rings. The molecule has 8 nitrogen and oxygen atoms in total. The van der Waals surface area contributed by atoms with Crippen LogP contribution in [0.2, 0.25) is 0 Å². The molecule has 0 spiro atoms. The monoisotopic (exact) mass is 274 g/mol. The van der Waals surface area contributed by atoms with Gasteiger partial charge in [-0.1, -0.05) is 0 Å². The number of ketones is 5. The molecule has 19 heavy (non-hydrogen) atoms. The van der Waals surface area contributed by atoms with E-state index in [1.807, 2.05) is 0 Å². The van der Waals surface area contributed by atoms with Gasteiger partial charge in [0.05, 0.1) is 0 Å². The average Bonchev–Trinajstić information content (AvgIpc) is 2.33. The zero-order valence-corrected chi connectivity index (χ0v) is 10.5. The molecule has 2 unspecified atom stereocenters. The number of rotatable bonds is 7. The molecule has 0 amide bonds. The molecule has 0 saturated carbocycles. The van der Waals surface area contributed by atoms with Crippen molar-refractivity contribution in [2.24, 2.45) is 0 Å². The third-order valence-electron chi connectivity index (χ3n) is 2.48. The number of hydrogen-bond donors (Lipinski definition) is 3. The van der Waals surface area contributed by atoms with Gasteiger partial charge in [-0.25, -0.2) is 0 Å². The summed E-state index contributed by atoms with van der Waals surface area (Å²) < 4.78 is 0. The predicted molar refractivity (Wildman–Crippen MR) is 59.0 cm³/mol. The fraction of sp³-hybridized carbons (Fsp3) is 0.545. The Morgan fingerprint density at radius 1 is 0.842 bits per heavy atom. The van der Waals surface area contributed by atoms with Gasteiger partial charge in [-0.3, -0.25) is 24.0 Å².